The minimum absolute atomic E-state index is 0.161. The molecule has 3 aromatic rings. The number of fused-ring (bicyclic) bond motifs is 1. The topological polar surface area (TPSA) is 60.4 Å². The van der Waals surface area contributed by atoms with Crippen molar-refractivity contribution in [2.75, 3.05) is 0 Å². The molecular weight excluding hydrogens is 372 g/mol. The van der Waals surface area contributed by atoms with Crippen LogP contribution < -0.4 is 4.74 Å². The fraction of sp³-hybridized carbons (Fsp3) is 0.174. The summed E-state index contributed by atoms with van der Waals surface area (Å²) in [5.74, 6) is -0.951. The zero-order valence-corrected chi connectivity index (χ0v) is 16.4. The van der Waals surface area contributed by atoms with E-state index in [1.54, 1.807) is 37.3 Å². The van der Waals surface area contributed by atoms with Gasteiger partial charge in [0, 0.05) is 11.5 Å². The Kier molecular flexibility index (Phi) is 4.55. The van der Waals surface area contributed by atoms with E-state index in [1.165, 1.54) is 0 Å². The van der Waals surface area contributed by atoms with Crippen LogP contribution >= 0.6 is 0 Å². The number of hydrogen-bond donors (Lipinski definition) is 0. The second-order valence-corrected chi connectivity index (χ2v) is 9.12. The molecule has 0 spiro atoms. The van der Waals surface area contributed by atoms with Gasteiger partial charge in [0.25, 0.3) is 0 Å². The molecule has 0 saturated carbocycles. The number of carbonyl (C=O) groups is 1. The maximum Gasteiger partial charge on any atom is 0.331 e. The fourth-order valence-electron chi connectivity index (χ4n) is 3.79. The van der Waals surface area contributed by atoms with Crippen molar-refractivity contribution in [3.63, 3.8) is 0 Å². The van der Waals surface area contributed by atoms with Gasteiger partial charge in [-0.1, -0.05) is 60.7 Å². The molecule has 3 aromatic carbocycles. The Morgan fingerprint density at radius 2 is 1.54 bits per heavy atom. The largest absolute Gasteiger partial charge is 0.425 e. The highest BCUT2D eigenvalue weighted by Gasteiger charge is 2.47. The lowest BCUT2D eigenvalue weighted by molar-refractivity contribution is -0.135. The zero-order chi connectivity index (χ0) is 19.9. The summed E-state index contributed by atoms with van der Waals surface area (Å²) in [7, 11) is -3.97. The molecule has 28 heavy (non-hydrogen) atoms. The van der Waals surface area contributed by atoms with Crippen molar-refractivity contribution in [1.82, 2.24) is 0 Å². The number of rotatable bonds is 3. The van der Waals surface area contributed by atoms with E-state index in [1.807, 2.05) is 49.4 Å². The minimum atomic E-state index is -3.97. The summed E-state index contributed by atoms with van der Waals surface area (Å²) in [6.45, 7) is 3.64. The highest BCUT2D eigenvalue weighted by Crippen LogP contribution is 2.43. The Balaban J connectivity index is 1.96. The van der Waals surface area contributed by atoms with Gasteiger partial charge in [-0.2, -0.15) is 0 Å². The number of esters is 1. The molecule has 4 nitrogen and oxygen atoms in total. The predicted octanol–water partition coefficient (Wildman–Crippen LogP) is 4.20. The van der Waals surface area contributed by atoms with Crippen LogP contribution in [0, 0.1) is 13.8 Å². The quantitative estimate of drug-likeness (QED) is 0.495. The molecule has 1 heterocycles. The number of benzene rings is 3. The van der Waals surface area contributed by atoms with Crippen LogP contribution in [0.1, 0.15) is 28.2 Å². The van der Waals surface area contributed by atoms with E-state index in [-0.39, 0.29) is 4.90 Å². The molecule has 0 aliphatic carbocycles. The first-order valence-electron chi connectivity index (χ1n) is 9.06. The Bertz CT molecular complexity index is 1150. The minimum Gasteiger partial charge on any atom is -0.425 e. The van der Waals surface area contributed by atoms with E-state index in [0.717, 1.165) is 11.1 Å². The lowest BCUT2D eigenvalue weighted by Crippen LogP contribution is -2.43. The van der Waals surface area contributed by atoms with Crippen LogP contribution in [-0.2, 0) is 14.6 Å². The summed E-state index contributed by atoms with van der Waals surface area (Å²) in [6.07, 6.45) is 0. The summed E-state index contributed by atoms with van der Waals surface area (Å²) in [5, 5.41) is -1.34. The summed E-state index contributed by atoms with van der Waals surface area (Å²) in [4.78, 5) is 13.1. The van der Waals surface area contributed by atoms with Gasteiger partial charge in [-0.15, -0.1) is 0 Å². The van der Waals surface area contributed by atoms with Crippen LogP contribution in [0.15, 0.2) is 77.7 Å². The van der Waals surface area contributed by atoms with Crippen LogP contribution in [0.4, 0.5) is 0 Å². The SMILES string of the molecule is Cc1ccc2c(c1)OC(=O)C(S(=O)(=O)c1ccccc1C)C2c1ccccc1. The molecule has 0 amide bonds. The third-order valence-electron chi connectivity index (χ3n) is 5.14. The average molecular weight is 392 g/mol. The molecule has 142 valence electrons. The maximum atomic E-state index is 13.6. The Labute approximate surface area is 164 Å². The van der Waals surface area contributed by atoms with Crippen molar-refractivity contribution in [2.45, 2.75) is 29.9 Å². The second kappa shape index (κ2) is 6.91. The lowest BCUT2D eigenvalue weighted by atomic mass is 9.85. The Morgan fingerprint density at radius 3 is 2.25 bits per heavy atom. The average Bonchev–Trinajstić information content (AvgIpc) is 2.67. The smallest absolute Gasteiger partial charge is 0.331 e. The number of hydrogen-bond acceptors (Lipinski definition) is 4. The number of carbonyl (C=O) groups excluding carboxylic acids is 1. The van der Waals surface area contributed by atoms with Crippen LogP contribution in [0.25, 0.3) is 0 Å². The van der Waals surface area contributed by atoms with Crippen molar-refractivity contribution in [3.05, 3.63) is 95.1 Å². The molecule has 4 rings (SSSR count). The normalized spacial score (nSPS) is 19.0. The van der Waals surface area contributed by atoms with E-state index < -0.39 is 27.0 Å². The lowest BCUT2D eigenvalue weighted by Gasteiger charge is -2.32. The predicted molar refractivity (Wildman–Crippen MR) is 107 cm³/mol. The second-order valence-electron chi connectivity index (χ2n) is 7.08. The first kappa shape index (κ1) is 18.4. The van der Waals surface area contributed by atoms with Crippen molar-refractivity contribution >= 4 is 15.8 Å². The first-order chi connectivity index (χ1) is 13.4. The zero-order valence-electron chi connectivity index (χ0n) is 15.6. The first-order valence-corrected chi connectivity index (χ1v) is 10.6. The van der Waals surface area contributed by atoms with Crippen molar-refractivity contribution in [3.8, 4) is 5.75 Å². The van der Waals surface area contributed by atoms with Gasteiger partial charge in [-0.3, -0.25) is 4.79 Å². The highest BCUT2D eigenvalue weighted by molar-refractivity contribution is 7.93. The summed E-state index contributed by atoms with van der Waals surface area (Å²) in [6, 6.07) is 21.5. The molecule has 0 saturated heterocycles. The van der Waals surface area contributed by atoms with Gasteiger partial charge < -0.3 is 4.74 Å². The van der Waals surface area contributed by atoms with E-state index >= 15 is 0 Å². The number of ether oxygens (including phenoxy) is 1. The molecule has 0 N–H and O–H groups in total. The molecular formula is C23H20O4S. The van der Waals surface area contributed by atoms with Gasteiger partial charge in [0.05, 0.1) is 4.90 Å². The van der Waals surface area contributed by atoms with Crippen molar-refractivity contribution in [1.29, 1.82) is 0 Å². The van der Waals surface area contributed by atoms with Crippen LogP contribution in [0.3, 0.4) is 0 Å². The summed E-state index contributed by atoms with van der Waals surface area (Å²) in [5.41, 5.74) is 3.03. The van der Waals surface area contributed by atoms with E-state index in [4.69, 9.17) is 4.74 Å². The molecule has 1 aliphatic heterocycles. The third kappa shape index (κ3) is 3.02. The summed E-state index contributed by atoms with van der Waals surface area (Å²) >= 11 is 0. The third-order valence-corrected chi connectivity index (χ3v) is 7.35. The van der Waals surface area contributed by atoms with Gasteiger partial charge >= 0.3 is 5.97 Å². The molecule has 5 heteroatoms. The van der Waals surface area contributed by atoms with E-state index in [2.05, 4.69) is 0 Å². The summed E-state index contributed by atoms with van der Waals surface area (Å²) < 4.78 is 32.7. The Hall–Kier alpha value is -2.92. The monoisotopic (exact) mass is 392 g/mol. The maximum absolute atomic E-state index is 13.6. The van der Waals surface area contributed by atoms with Gasteiger partial charge in [-0.25, -0.2) is 8.42 Å². The molecule has 0 radical (unpaired) electrons. The van der Waals surface area contributed by atoms with Crippen LogP contribution in [0.5, 0.6) is 5.75 Å². The van der Waals surface area contributed by atoms with E-state index in [0.29, 0.717) is 16.9 Å². The molecule has 0 aromatic heterocycles. The van der Waals surface area contributed by atoms with Crippen molar-refractivity contribution in [2.24, 2.45) is 0 Å². The van der Waals surface area contributed by atoms with Crippen LogP contribution in [-0.4, -0.2) is 19.6 Å². The number of sulfone groups is 1. The van der Waals surface area contributed by atoms with Gasteiger partial charge in [0.1, 0.15) is 5.75 Å². The molecule has 1 aliphatic rings. The highest BCUT2D eigenvalue weighted by atomic mass is 32.2. The van der Waals surface area contributed by atoms with E-state index in [9.17, 15) is 13.2 Å². The van der Waals surface area contributed by atoms with Gasteiger partial charge in [0.15, 0.2) is 15.1 Å². The fourth-order valence-corrected chi connectivity index (χ4v) is 5.81. The van der Waals surface area contributed by atoms with Gasteiger partial charge in [-0.05, 0) is 42.7 Å². The van der Waals surface area contributed by atoms with Crippen molar-refractivity contribution < 1.29 is 17.9 Å². The van der Waals surface area contributed by atoms with Gasteiger partial charge in [0.2, 0.25) is 0 Å². The standard InChI is InChI=1S/C23H20O4S/c1-15-12-13-18-19(14-15)27-23(24)22(21(18)17-9-4-3-5-10-17)28(25,26)20-11-7-6-8-16(20)2/h3-14,21-22H,1-2H3. The van der Waals surface area contributed by atoms with Crippen LogP contribution in [0.2, 0.25) is 0 Å². The molecule has 2 unspecified atom stereocenters. The molecule has 0 fully saturated rings. The molecule has 2 atom stereocenters. The number of aryl methyl sites for hydroxylation is 2. The Morgan fingerprint density at radius 1 is 0.857 bits per heavy atom. The molecule has 0 bridgehead atoms.